The normalized spacial score (nSPS) is 19.2. The second kappa shape index (κ2) is 7.34. The van der Waals surface area contributed by atoms with Crippen LogP contribution in [0.2, 0.25) is 0 Å². The quantitative estimate of drug-likeness (QED) is 0.834. The number of nitrogens with two attached hydrogens (primary N) is 1. The maximum absolute atomic E-state index is 12.7. The molecule has 1 fully saturated rings. The van der Waals surface area contributed by atoms with E-state index in [9.17, 15) is 9.59 Å². The lowest BCUT2D eigenvalue weighted by molar-refractivity contribution is -0.137. The van der Waals surface area contributed by atoms with Crippen molar-refractivity contribution in [2.45, 2.75) is 45.6 Å². The third-order valence-electron chi connectivity index (χ3n) is 4.42. The molecule has 3 N–H and O–H groups in total. The van der Waals surface area contributed by atoms with Crippen LogP contribution in [0.3, 0.4) is 0 Å². The SMILES string of the molecule is CN(Cc1cc(C(C)(C)C)n[nH]1)C(=O)C1CCCN(CC(N)=O)C1. The zero-order valence-electron chi connectivity index (χ0n) is 15.1. The van der Waals surface area contributed by atoms with Gasteiger partial charge in [0.15, 0.2) is 0 Å². The van der Waals surface area contributed by atoms with Crippen LogP contribution in [0.25, 0.3) is 0 Å². The molecule has 24 heavy (non-hydrogen) atoms. The molecule has 7 heteroatoms. The van der Waals surface area contributed by atoms with Crippen LogP contribution in [0.1, 0.15) is 45.0 Å². The summed E-state index contributed by atoms with van der Waals surface area (Å²) in [7, 11) is 1.81. The van der Waals surface area contributed by atoms with E-state index in [-0.39, 0.29) is 29.7 Å². The third kappa shape index (κ3) is 4.80. The Balaban J connectivity index is 1.94. The average Bonchev–Trinajstić information content (AvgIpc) is 2.94. The second-order valence-electron chi connectivity index (χ2n) is 7.76. The van der Waals surface area contributed by atoms with Gasteiger partial charge in [0.05, 0.1) is 30.4 Å². The van der Waals surface area contributed by atoms with Crippen molar-refractivity contribution in [1.29, 1.82) is 0 Å². The number of aromatic nitrogens is 2. The Kier molecular flexibility index (Phi) is 5.64. The molecule has 1 aromatic heterocycles. The maximum atomic E-state index is 12.7. The van der Waals surface area contributed by atoms with Crippen molar-refractivity contribution in [2.24, 2.45) is 11.7 Å². The van der Waals surface area contributed by atoms with E-state index in [0.717, 1.165) is 30.8 Å². The first-order chi connectivity index (χ1) is 11.2. The van der Waals surface area contributed by atoms with Gasteiger partial charge in [-0.2, -0.15) is 5.10 Å². The van der Waals surface area contributed by atoms with Crippen molar-refractivity contribution in [3.05, 3.63) is 17.5 Å². The molecule has 1 atom stereocenters. The van der Waals surface area contributed by atoms with E-state index in [1.54, 1.807) is 4.90 Å². The fraction of sp³-hybridized carbons (Fsp3) is 0.706. The fourth-order valence-electron chi connectivity index (χ4n) is 3.09. The van der Waals surface area contributed by atoms with Crippen LogP contribution in [0, 0.1) is 5.92 Å². The molecule has 1 saturated heterocycles. The first-order valence-corrected chi connectivity index (χ1v) is 8.47. The van der Waals surface area contributed by atoms with Gasteiger partial charge in [-0.3, -0.25) is 19.6 Å². The summed E-state index contributed by atoms with van der Waals surface area (Å²) in [6.45, 7) is 8.48. The largest absolute Gasteiger partial charge is 0.369 e. The molecule has 0 spiro atoms. The maximum Gasteiger partial charge on any atom is 0.231 e. The van der Waals surface area contributed by atoms with Crippen molar-refractivity contribution in [1.82, 2.24) is 20.0 Å². The topological polar surface area (TPSA) is 95.3 Å². The molecule has 0 aromatic carbocycles. The van der Waals surface area contributed by atoms with Gasteiger partial charge in [-0.25, -0.2) is 0 Å². The lowest BCUT2D eigenvalue weighted by Crippen LogP contribution is -2.46. The first kappa shape index (κ1) is 18.4. The molecule has 7 nitrogen and oxygen atoms in total. The second-order valence-corrected chi connectivity index (χ2v) is 7.76. The highest BCUT2D eigenvalue weighted by Crippen LogP contribution is 2.22. The number of aromatic amines is 1. The molecular formula is C17H29N5O2. The number of nitrogens with one attached hydrogen (secondary N) is 1. The number of primary amides is 1. The van der Waals surface area contributed by atoms with Gasteiger partial charge < -0.3 is 10.6 Å². The molecular weight excluding hydrogens is 306 g/mol. The van der Waals surface area contributed by atoms with E-state index in [1.807, 2.05) is 18.0 Å². The van der Waals surface area contributed by atoms with Crippen LogP contribution < -0.4 is 5.73 Å². The molecule has 0 bridgehead atoms. The molecule has 2 heterocycles. The van der Waals surface area contributed by atoms with Crippen molar-refractivity contribution >= 4 is 11.8 Å². The predicted molar refractivity (Wildman–Crippen MR) is 92.1 cm³/mol. The van der Waals surface area contributed by atoms with Gasteiger partial charge in [-0.1, -0.05) is 20.8 Å². The Morgan fingerprint density at radius 2 is 2.17 bits per heavy atom. The fourth-order valence-corrected chi connectivity index (χ4v) is 3.09. The molecule has 0 aliphatic carbocycles. The van der Waals surface area contributed by atoms with E-state index in [1.165, 1.54) is 0 Å². The summed E-state index contributed by atoms with van der Waals surface area (Å²) in [4.78, 5) is 27.5. The number of carbonyl (C=O) groups is 2. The molecule has 1 aromatic rings. The highest BCUT2D eigenvalue weighted by atomic mass is 16.2. The van der Waals surface area contributed by atoms with Gasteiger partial charge in [0.2, 0.25) is 11.8 Å². The highest BCUT2D eigenvalue weighted by molar-refractivity contribution is 5.79. The van der Waals surface area contributed by atoms with Crippen LogP contribution in [0.5, 0.6) is 0 Å². The number of amides is 2. The standard InChI is InChI=1S/C17H29N5O2/c1-17(2,3)14-8-13(19-20-14)10-21(4)16(24)12-6-5-7-22(9-12)11-15(18)23/h8,12H,5-7,9-11H2,1-4H3,(H2,18,23)(H,19,20). The number of H-pyrrole nitrogens is 1. The van der Waals surface area contributed by atoms with E-state index < -0.39 is 0 Å². The van der Waals surface area contributed by atoms with E-state index >= 15 is 0 Å². The number of rotatable bonds is 5. The van der Waals surface area contributed by atoms with Crippen LogP contribution in [-0.2, 0) is 21.5 Å². The zero-order valence-corrected chi connectivity index (χ0v) is 15.1. The minimum absolute atomic E-state index is 0.0179. The highest BCUT2D eigenvalue weighted by Gasteiger charge is 2.29. The molecule has 1 aliphatic heterocycles. The molecule has 0 radical (unpaired) electrons. The first-order valence-electron chi connectivity index (χ1n) is 8.47. The summed E-state index contributed by atoms with van der Waals surface area (Å²) in [5.41, 5.74) is 7.16. The van der Waals surface area contributed by atoms with Gasteiger partial charge in [0, 0.05) is 19.0 Å². The smallest absolute Gasteiger partial charge is 0.231 e. The summed E-state index contributed by atoms with van der Waals surface area (Å²) in [5.74, 6) is -0.312. The molecule has 0 saturated carbocycles. The van der Waals surface area contributed by atoms with Crippen LogP contribution >= 0.6 is 0 Å². The Labute approximate surface area is 143 Å². The number of nitrogens with zero attached hydrogens (tertiary/aromatic N) is 3. The average molecular weight is 335 g/mol. The molecule has 1 aliphatic rings. The van der Waals surface area contributed by atoms with Crippen LogP contribution in [-0.4, -0.2) is 58.5 Å². The Morgan fingerprint density at radius 1 is 1.46 bits per heavy atom. The van der Waals surface area contributed by atoms with E-state index in [4.69, 9.17) is 5.73 Å². The number of hydrogen-bond acceptors (Lipinski definition) is 4. The Bertz CT molecular complexity index is 590. The zero-order chi connectivity index (χ0) is 17.9. The lowest BCUT2D eigenvalue weighted by Gasteiger charge is -2.33. The van der Waals surface area contributed by atoms with Crippen molar-refractivity contribution < 1.29 is 9.59 Å². The predicted octanol–water partition coefficient (Wildman–Crippen LogP) is 0.863. The number of carbonyl (C=O) groups excluding carboxylic acids is 2. The van der Waals surface area contributed by atoms with Gasteiger partial charge in [0.25, 0.3) is 0 Å². The minimum Gasteiger partial charge on any atom is -0.369 e. The van der Waals surface area contributed by atoms with Gasteiger partial charge in [-0.15, -0.1) is 0 Å². The van der Waals surface area contributed by atoms with Crippen LogP contribution in [0.15, 0.2) is 6.07 Å². The van der Waals surface area contributed by atoms with Crippen LogP contribution in [0.4, 0.5) is 0 Å². The van der Waals surface area contributed by atoms with Crippen molar-refractivity contribution in [2.75, 3.05) is 26.7 Å². The Hall–Kier alpha value is -1.89. The molecule has 2 amide bonds. The summed E-state index contributed by atoms with van der Waals surface area (Å²) in [5, 5.41) is 7.35. The van der Waals surface area contributed by atoms with E-state index in [0.29, 0.717) is 13.1 Å². The summed E-state index contributed by atoms with van der Waals surface area (Å²) < 4.78 is 0. The third-order valence-corrected chi connectivity index (χ3v) is 4.42. The molecule has 134 valence electrons. The monoisotopic (exact) mass is 335 g/mol. The molecule has 1 unspecified atom stereocenters. The number of hydrogen-bond donors (Lipinski definition) is 2. The van der Waals surface area contributed by atoms with Gasteiger partial charge >= 0.3 is 0 Å². The summed E-state index contributed by atoms with van der Waals surface area (Å²) in [6, 6.07) is 2.02. The molecule has 2 rings (SSSR count). The van der Waals surface area contributed by atoms with Gasteiger partial charge in [0.1, 0.15) is 0 Å². The number of piperidine rings is 1. The van der Waals surface area contributed by atoms with Crippen molar-refractivity contribution in [3.63, 3.8) is 0 Å². The number of likely N-dealkylation sites (tertiary alicyclic amines) is 1. The summed E-state index contributed by atoms with van der Waals surface area (Å²) in [6.07, 6.45) is 1.77. The summed E-state index contributed by atoms with van der Waals surface area (Å²) >= 11 is 0. The Morgan fingerprint density at radius 3 is 2.75 bits per heavy atom. The lowest BCUT2D eigenvalue weighted by atomic mass is 9.92. The van der Waals surface area contributed by atoms with Crippen molar-refractivity contribution in [3.8, 4) is 0 Å². The van der Waals surface area contributed by atoms with Gasteiger partial charge in [-0.05, 0) is 25.5 Å². The van der Waals surface area contributed by atoms with E-state index in [2.05, 4.69) is 31.0 Å². The minimum atomic E-state index is -0.344.